The quantitative estimate of drug-likeness (QED) is 0.448. The van der Waals surface area contributed by atoms with E-state index in [2.05, 4.69) is 12.0 Å². The first-order valence-electron chi connectivity index (χ1n) is 7.74. The number of aliphatic hydroxyl groups excluding tert-OH is 1. The predicted octanol–water partition coefficient (Wildman–Crippen LogP) is 2.37. The molecule has 0 aromatic rings. The Morgan fingerprint density at radius 1 is 1.62 bits per heavy atom. The number of hydrogen-bond donors (Lipinski definition) is 2. The molecule has 2 fully saturated rings. The summed E-state index contributed by atoms with van der Waals surface area (Å²) in [6.45, 7) is 2.60. The van der Waals surface area contributed by atoms with E-state index in [1.54, 1.807) is 0 Å². The average molecular weight is 292 g/mol. The monoisotopic (exact) mass is 292 g/mol. The predicted molar refractivity (Wildman–Crippen MR) is 79.6 cm³/mol. The number of unbranched alkanes of at least 4 members (excludes halogenated alkanes) is 1. The van der Waals surface area contributed by atoms with E-state index >= 15 is 0 Å². The van der Waals surface area contributed by atoms with Crippen molar-refractivity contribution in [3.05, 3.63) is 11.6 Å². The van der Waals surface area contributed by atoms with Crippen LogP contribution in [-0.4, -0.2) is 34.5 Å². The van der Waals surface area contributed by atoms with Gasteiger partial charge in [-0.25, -0.2) is 0 Å². The SMILES string of the molecule is C#CC1C(O)CCC2(OCC)C(=CCCCC(=O)O)CC12. The molecule has 2 N–H and O–H groups in total. The Bertz CT molecular complexity index is 462. The smallest absolute Gasteiger partial charge is 0.303 e. The van der Waals surface area contributed by atoms with E-state index < -0.39 is 12.1 Å². The van der Waals surface area contributed by atoms with Crippen LogP contribution >= 0.6 is 0 Å². The Hall–Kier alpha value is -1.31. The van der Waals surface area contributed by atoms with E-state index in [-0.39, 0.29) is 23.9 Å². The maximum absolute atomic E-state index is 10.5. The van der Waals surface area contributed by atoms with Crippen molar-refractivity contribution in [2.75, 3.05) is 6.61 Å². The van der Waals surface area contributed by atoms with Crippen molar-refractivity contribution in [3.8, 4) is 12.3 Å². The number of rotatable bonds is 6. The maximum atomic E-state index is 10.5. The fourth-order valence-electron chi connectivity index (χ4n) is 3.80. The summed E-state index contributed by atoms with van der Waals surface area (Å²) >= 11 is 0. The number of allylic oxidation sites excluding steroid dienone is 1. The summed E-state index contributed by atoms with van der Waals surface area (Å²) in [4.78, 5) is 10.5. The van der Waals surface area contributed by atoms with E-state index in [4.69, 9.17) is 16.3 Å². The van der Waals surface area contributed by atoms with Crippen molar-refractivity contribution in [1.29, 1.82) is 0 Å². The van der Waals surface area contributed by atoms with Crippen LogP contribution in [0.3, 0.4) is 0 Å². The third-order valence-corrected chi connectivity index (χ3v) is 4.82. The number of carboxylic acid groups (broad SMARTS) is 1. The van der Waals surface area contributed by atoms with E-state index in [1.807, 2.05) is 6.92 Å². The molecule has 21 heavy (non-hydrogen) atoms. The standard InChI is InChI=1S/C17H24O4/c1-3-13-14-11-12(7-5-6-8-16(19)20)17(14,21-4-2)10-9-15(13)18/h1,7,13-15,18H,4-6,8-11H2,2H3,(H,19,20). The summed E-state index contributed by atoms with van der Waals surface area (Å²) < 4.78 is 6.05. The van der Waals surface area contributed by atoms with Gasteiger partial charge < -0.3 is 14.9 Å². The van der Waals surface area contributed by atoms with Crippen LogP contribution in [0.2, 0.25) is 0 Å². The lowest BCUT2D eigenvalue weighted by Crippen LogP contribution is -2.60. The van der Waals surface area contributed by atoms with Gasteiger partial charge in [0, 0.05) is 18.9 Å². The molecule has 0 aromatic carbocycles. The Kier molecular flexibility index (Phi) is 5.08. The second-order valence-electron chi connectivity index (χ2n) is 5.95. The van der Waals surface area contributed by atoms with Crippen LogP contribution in [0.5, 0.6) is 0 Å². The van der Waals surface area contributed by atoms with Crippen LogP contribution in [0.15, 0.2) is 11.6 Å². The number of carbonyl (C=O) groups is 1. The fourth-order valence-corrected chi connectivity index (χ4v) is 3.80. The van der Waals surface area contributed by atoms with Gasteiger partial charge in [-0.15, -0.1) is 12.3 Å². The zero-order valence-electron chi connectivity index (χ0n) is 12.5. The second-order valence-corrected chi connectivity index (χ2v) is 5.95. The molecule has 0 saturated heterocycles. The van der Waals surface area contributed by atoms with Gasteiger partial charge in [0.2, 0.25) is 0 Å². The van der Waals surface area contributed by atoms with Gasteiger partial charge in [0.1, 0.15) is 0 Å². The number of aliphatic hydroxyl groups is 1. The number of hydrogen-bond acceptors (Lipinski definition) is 3. The molecular weight excluding hydrogens is 268 g/mol. The topological polar surface area (TPSA) is 66.8 Å². The van der Waals surface area contributed by atoms with Gasteiger partial charge in [0.25, 0.3) is 0 Å². The van der Waals surface area contributed by atoms with Crippen molar-refractivity contribution in [3.63, 3.8) is 0 Å². The van der Waals surface area contributed by atoms with Gasteiger partial charge >= 0.3 is 5.97 Å². The van der Waals surface area contributed by atoms with Crippen molar-refractivity contribution >= 4 is 5.97 Å². The highest BCUT2D eigenvalue weighted by Gasteiger charge is 2.58. The number of carboxylic acids is 1. The highest BCUT2D eigenvalue weighted by molar-refractivity contribution is 5.66. The highest BCUT2D eigenvalue weighted by atomic mass is 16.5. The van der Waals surface area contributed by atoms with Crippen molar-refractivity contribution in [1.82, 2.24) is 0 Å². The molecule has 4 nitrogen and oxygen atoms in total. The molecule has 2 aliphatic carbocycles. The summed E-state index contributed by atoms with van der Waals surface area (Å²) in [5.41, 5.74) is 0.931. The molecule has 0 aromatic heterocycles. The van der Waals surface area contributed by atoms with Crippen LogP contribution in [-0.2, 0) is 9.53 Å². The van der Waals surface area contributed by atoms with E-state index in [0.717, 1.165) is 19.3 Å². The highest BCUT2D eigenvalue weighted by Crippen LogP contribution is 2.57. The molecule has 0 heterocycles. The Morgan fingerprint density at radius 2 is 2.38 bits per heavy atom. The molecule has 2 saturated carbocycles. The molecule has 4 atom stereocenters. The van der Waals surface area contributed by atoms with Crippen LogP contribution in [0.1, 0.15) is 45.4 Å². The minimum atomic E-state index is -0.757. The van der Waals surface area contributed by atoms with Crippen molar-refractivity contribution < 1.29 is 19.7 Å². The minimum absolute atomic E-state index is 0.138. The number of ether oxygens (including phenoxy) is 1. The Labute approximate surface area is 126 Å². The van der Waals surface area contributed by atoms with E-state index in [9.17, 15) is 9.90 Å². The molecule has 0 spiro atoms. The largest absolute Gasteiger partial charge is 0.481 e. The molecule has 4 heteroatoms. The molecule has 2 aliphatic rings. The number of terminal acetylenes is 1. The van der Waals surface area contributed by atoms with Gasteiger partial charge in [-0.3, -0.25) is 4.79 Å². The van der Waals surface area contributed by atoms with Crippen LogP contribution < -0.4 is 0 Å². The lowest BCUT2D eigenvalue weighted by atomic mass is 9.53. The maximum Gasteiger partial charge on any atom is 0.303 e. The van der Waals surface area contributed by atoms with Gasteiger partial charge in [0.15, 0.2) is 0 Å². The average Bonchev–Trinajstić information content (AvgIpc) is 2.43. The summed E-state index contributed by atoms with van der Waals surface area (Å²) in [5, 5.41) is 18.7. The first-order chi connectivity index (χ1) is 10.0. The first kappa shape index (κ1) is 16.1. The Morgan fingerprint density at radius 3 is 3.00 bits per heavy atom. The summed E-state index contributed by atoms with van der Waals surface area (Å²) in [5.74, 6) is 2.03. The third kappa shape index (κ3) is 3.00. The second kappa shape index (κ2) is 6.64. The normalized spacial score (nSPS) is 36.6. The zero-order chi connectivity index (χ0) is 15.5. The molecule has 116 valence electrons. The van der Waals surface area contributed by atoms with Crippen molar-refractivity contribution in [2.24, 2.45) is 11.8 Å². The zero-order valence-corrected chi connectivity index (χ0v) is 12.5. The molecule has 0 amide bonds. The lowest BCUT2D eigenvalue weighted by molar-refractivity contribution is -0.152. The van der Waals surface area contributed by atoms with Crippen molar-refractivity contribution in [2.45, 2.75) is 57.2 Å². The molecule has 0 radical (unpaired) electrons. The Balaban J connectivity index is 2.07. The number of aliphatic carboxylic acids is 1. The molecule has 0 aliphatic heterocycles. The summed E-state index contributed by atoms with van der Waals surface area (Å²) in [6, 6.07) is 0. The lowest BCUT2D eigenvalue weighted by Gasteiger charge is -2.57. The van der Waals surface area contributed by atoms with E-state index in [0.29, 0.717) is 19.4 Å². The fraction of sp³-hybridized carbons (Fsp3) is 0.706. The minimum Gasteiger partial charge on any atom is -0.481 e. The van der Waals surface area contributed by atoms with Gasteiger partial charge in [0.05, 0.1) is 17.6 Å². The van der Waals surface area contributed by atoms with Gasteiger partial charge in [-0.05, 0) is 44.6 Å². The van der Waals surface area contributed by atoms with Crippen LogP contribution in [0.4, 0.5) is 0 Å². The summed E-state index contributed by atoms with van der Waals surface area (Å²) in [6.07, 6.45) is 11.2. The summed E-state index contributed by atoms with van der Waals surface area (Å²) in [7, 11) is 0. The van der Waals surface area contributed by atoms with Gasteiger partial charge in [-0.2, -0.15) is 0 Å². The molecule has 2 rings (SSSR count). The molecule has 4 unspecified atom stereocenters. The van der Waals surface area contributed by atoms with E-state index in [1.165, 1.54) is 5.57 Å². The van der Waals surface area contributed by atoms with Crippen LogP contribution in [0, 0.1) is 24.2 Å². The van der Waals surface area contributed by atoms with Crippen LogP contribution in [0.25, 0.3) is 0 Å². The first-order valence-corrected chi connectivity index (χ1v) is 7.74. The third-order valence-electron chi connectivity index (χ3n) is 4.82. The molecule has 0 bridgehead atoms. The van der Waals surface area contributed by atoms with Gasteiger partial charge in [-0.1, -0.05) is 6.08 Å². The number of fused-ring (bicyclic) bond motifs is 1. The molecular formula is C17H24O4.